The minimum atomic E-state index is -0.330. The number of carbonyl (C=O) groups is 2. The van der Waals surface area contributed by atoms with Crippen LogP contribution in [0.25, 0.3) is 5.57 Å². The number of nitrogens with zero attached hydrogens (tertiary/aromatic N) is 1. The lowest BCUT2D eigenvalue weighted by Gasteiger charge is -2.13. The first-order chi connectivity index (χ1) is 12.9. The topological polar surface area (TPSA) is 49.4 Å². The molecule has 4 heteroatoms. The van der Waals surface area contributed by atoms with Crippen molar-refractivity contribution in [3.05, 3.63) is 83.6 Å². The molecule has 4 nitrogen and oxygen atoms in total. The molecule has 2 aromatic rings. The van der Waals surface area contributed by atoms with Gasteiger partial charge in [-0.1, -0.05) is 61.9 Å². The SMILES string of the molecule is C=CCN1C(=O)C(Nc2ccc(C(C)C)cc2)=C(c2ccc(C)cc2)C1=O. The van der Waals surface area contributed by atoms with E-state index in [1.165, 1.54) is 10.5 Å². The smallest absolute Gasteiger partial charge is 0.278 e. The van der Waals surface area contributed by atoms with Gasteiger partial charge in [-0.2, -0.15) is 0 Å². The number of imide groups is 1. The van der Waals surface area contributed by atoms with E-state index in [4.69, 9.17) is 0 Å². The Morgan fingerprint density at radius 1 is 1.00 bits per heavy atom. The van der Waals surface area contributed by atoms with Gasteiger partial charge in [0.2, 0.25) is 0 Å². The molecule has 3 rings (SSSR count). The molecule has 27 heavy (non-hydrogen) atoms. The van der Waals surface area contributed by atoms with Crippen LogP contribution in [0.3, 0.4) is 0 Å². The molecule has 0 unspecified atom stereocenters. The van der Waals surface area contributed by atoms with E-state index in [1.54, 1.807) is 6.08 Å². The lowest BCUT2D eigenvalue weighted by atomic mass is 10.0. The maximum atomic E-state index is 12.9. The molecule has 138 valence electrons. The maximum absolute atomic E-state index is 12.9. The summed E-state index contributed by atoms with van der Waals surface area (Å²) in [6.07, 6.45) is 1.56. The molecule has 0 saturated carbocycles. The van der Waals surface area contributed by atoms with Crippen LogP contribution < -0.4 is 5.32 Å². The molecule has 0 bridgehead atoms. The van der Waals surface area contributed by atoms with Gasteiger partial charge in [0, 0.05) is 12.2 Å². The highest BCUT2D eigenvalue weighted by Crippen LogP contribution is 2.31. The summed E-state index contributed by atoms with van der Waals surface area (Å²) >= 11 is 0. The normalized spacial score (nSPS) is 14.3. The van der Waals surface area contributed by atoms with Gasteiger partial charge in [-0.3, -0.25) is 14.5 Å². The van der Waals surface area contributed by atoms with Crippen molar-refractivity contribution >= 4 is 23.1 Å². The van der Waals surface area contributed by atoms with E-state index in [9.17, 15) is 9.59 Å². The summed E-state index contributed by atoms with van der Waals surface area (Å²) in [6, 6.07) is 15.5. The average molecular weight is 360 g/mol. The van der Waals surface area contributed by atoms with Crippen molar-refractivity contribution in [1.29, 1.82) is 0 Å². The van der Waals surface area contributed by atoms with Crippen molar-refractivity contribution in [3.8, 4) is 0 Å². The Kier molecular flexibility index (Phi) is 5.26. The largest absolute Gasteiger partial charge is 0.350 e. The first kappa shape index (κ1) is 18.6. The fraction of sp³-hybridized carbons (Fsp3) is 0.217. The lowest BCUT2D eigenvalue weighted by molar-refractivity contribution is -0.136. The van der Waals surface area contributed by atoms with E-state index in [0.29, 0.717) is 17.2 Å². The number of anilines is 1. The van der Waals surface area contributed by atoms with Crippen LogP contribution in [0.15, 0.2) is 66.9 Å². The molecule has 1 N–H and O–H groups in total. The van der Waals surface area contributed by atoms with Gasteiger partial charge in [0.05, 0.1) is 5.57 Å². The Hall–Kier alpha value is -3.14. The predicted octanol–water partition coefficient (Wildman–Crippen LogP) is 4.50. The second-order valence-corrected chi connectivity index (χ2v) is 7.03. The zero-order valence-corrected chi connectivity index (χ0v) is 16.0. The lowest BCUT2D eigenvalue weighted by Crippen LogP contribution is -2.32. The molecule has 0 fully saturated rings. The van der Waals surface area contributed by atoms with E-state index >= 15 is 0 Å². The molecular formula is C23H24N2O2. The molecule has 1 aliphatic heterocycles. The third-order valence-electron chi connectivity index (χ3n) is 4.67. The summed E-state index contributed by atoms with van der Waals surface area (Å²) < 4.78 is 0. The quantitative estimate of drug-likeness (QED) is 0.610. The summed E-state index contributed by atoms with van der Waals surface area (Å²) in [6.45, 7) is 10.1. The Balaban J connectivity index is 2.02. The standard InChI is InChI=1S/C23H24N2O2/c1-5-14-25-22(26)20(18-8-6-16(4)7-9-18)21(23(25)27)24-19-12-10-17(11-13-19)15(2)3/h5-13,15,24H,1,14H2,2-4H3. The molecular weight excluding hydrogens is 336 g/mol. The number of benzene rings is 2. The van der Waals surface area contributed by atoms with Crippen molar-refractivity contribution < 1.29 is 9.59 Å². The van der Waals surface area contributed by atoms with Crippen LogP contribution in [-0.4, -0.2) is 23.3 Å². The minimum absolute atomic E-state index is 0.185. The van der Waals surface area contributed by atoms with Gasteiger partial charge in [-0.05, 0) is 36.1 Å². The Morgan fingerprint density at radius 2 is 1.63 bits per heavy atom. The Labute approximate surface area is 160 Å². The zero-order valence-electron chi connectivity index (χ0n) is 16.0. The van der Waals surface area contributed by atoms with Crippen LogP contribution in [0.4, 0.5) is 5.69 Å². The number of hydrogen-bond donors (Lipinski definition) is 1. The molecule has 2 aromatic carbocycles. The number of nitrogens with one attached hydrogen (secondary N) is 1. The molecule has 0 aromatic heterocycles. The third kappa shape index (κ3) is 3.70. The van der Waals surface area contributed by atoms with Crippen LogP contribution in [-0.2, 0) is 9.59 Å². The molecule has 1 aliphatic rings. The van der Waals surface area contributed by atoms with Crippen molar-refractivity contribution in [3.63, 3.8) is 0 Å². The highest BCUT2D eigenvalue weighted by molar-refractivity contribution is 6.36. The summed E-state index contributed by atoms with van der Waals surface area (Å²) in [5, 5.41) is 3.17. The maximum Gasteiger partial charge on any atom is 0.278 e. The molecule has 0 aliphatic carbocycles. The summed E-state index contributed by atoms with van der Waals surface area (Å²) in [7, 11) is 0. The van der Waals surface area contributed by atoms with Gasteiger partial charge >= 0.3 is 0 Å². The summed E-state index contributed by atoms with van der Waals surface area (Å²) in [5.74, 6) is -0.201. The van der Waals surface area contributed by atoms with Crippen LogP contribution in [0.2, 0.25) is 0 Å². The zero-order chi connectivity index (χ0) is 19.6. The van der Waals surface area contributed by atoms with E-state index < -0.39 is 0 Å². The molecule has 0 saturated heterocycles. The minimum Gasteiger partial charge on any atom is -0.350 e. The van der Waals surface area contributed by atoms with Crippen molar-refractivity contribution in [1.82, 2.24) is 4.90 Å². The van der Waals surface area contributed by atoms with E-state index in [0.717, 1.165) is 16.8 Å². The Morgan fingerprint density at radius 3 is 2.19 bits per heavy atom. The Bertz CT molecular complexity index is 906. The van der Waals surface area contributed by atoms with E-state index in [2.05, 4.69) is 25.7 Å². The second-order valence-electron chi connectivity index (χ2n) is 7.03. The van der Waals surface area contributed by atoms with Crippen LogP contribution in [0, 0.1) is 6.92 Å². The number of rotatable bonds is 6. The van der Waals surface area contributed by atoms with Crippen LogP contribution in [0.1, 0.15) is 36.5 Å². The number of carbonyl (C=O) groups excluding carboxylic acids is 2. The van der Waals surface area contributed by atoms with Crippen molar-refractivity contribution in [2.75, 3.05) is 11.9 Å². The predicted molar refractivity (Wildman–Crippen MR) is 109 cm³/mol. The number of hydrogen-bond acceptors (Lipinski definition) is 3. The second kappa shape index (κ2) is 7.62. The highest BCUT2D eigenvalue weighted by atomic mass is 16.2. The first-order valence-electron chi connectivity index (χ1n) is 9.07. The third-order valence-corrected chi connectivity index (χ3v) is 4.67. The first-order valence-corrected chi connectivity index (χ1v) is 9.07. The molecule has 0 spiro atoms. The highest BCUT2D eigenvalue weighted by Gasteiger charge is 2.38. The van der Waals surface area contributed by atoms with Gasteiger partial charge in [-0.25, -0.2) is 0 Å². The van der Waals surface area contributed by atoms with E-state index in [-0.39, 0.29) is 18.4 Å². The monoisotopic (exact) mass is 360 g/mol. The van der Waals surface area contributed by atoms with Crippen LogP contribution in [0.5, 0.6) is 0 Å². The average Bonchev–Trinajstić information content (AvgIpc) is 2.88. The van der Waals surface area contributed by atoms with E-state index in [1.807, 2.05) is 55.5 Å². The molecule has 0 radical (unpaired) electrons. The molecule has 1 heterocycles. The van der Waals surface area contributed by atoms with Gasteiger partial charge in [0.1, 0.15) is 5.70 Å². The molecule has 0 atom stereocenters. The number of amides is 2. The fourth-order valence-corrected chi connectivity index (χ4v) is 3.07. The van der Waals surface area contributed by atoms with Gasteiger partial charge < -0.3 is 5.32 Å². The number of aryl methyl sites for hydroxylation is 1. The van der Waals surface area contributed by atoms with Gasteiger partial charge in [0.25, 0.3) is 11.8 Å². The molecule has 2 amide bonds. The van der Waals surface area contributed by atoms with Gasteiger partial charge in [0.15, 0.2) is 0 Å². The summed E-state index contributed by atoms with van der Waals surface area (Å²) in [5.41, 5.74) is 4.53. The van der Waals surface area contributed by atoms with Gasteiger partial charge in [-0.15, -0.1) is 6.58 Å². The van der Waals surface area contributed by atoms with Crippen molar-refractivity contribution in [2.24, 2.45) is 0 Å². The summed E-state index contributed by atoms with van der Waals surface area (Å²) in [4.78, 5) is 27.0. The fourth-order valence-electron chi connectivity index (χ4n) is 3.07. The van der Waals surface area contributed by atoms with Crippen molar-refractivity contribution in [2.45, 2.75) is 26.7 Å². The van der Waals surface area contributed by atoms with Crippen LogP contribution >= 0.6 is 0 Å².